The normalized spacial score (nSPS) is 16.2. The van der Waals surface area contributed by atoms with Crippen LogP contribution in [0.4, 0.5) is 0 Å². The predicted molar refractivity (Wildman–Crippen MR) is 100 cm³/mol. The summed E-state index contributed by atoms with van der Waals surface area (Å²) in [4.78, 5) is 0.751. The topological polar surface area (TPSA) is 0 Å². The maximum atomic E-state index is 2.36. The van der Waals surface area contributed by atoms with E-state index >= 15 is 0 Å². The summed E-state index contributed by atoms with van der Waals surface area (Å²) in [7, 11) is 0. The molecule has 1 heteroatoms. The van der Waals surface area contributed by atoms with Crippen LogP contribution in [0.3, 0.4) is 0 Å². The SMILES string of the molecule is c1cc[c]([Ni]([c]2ccccc2)([c]2ccccc2)[CH]2CCCC2)cc1. The van der Waals surface area contributed by atoms with Crippen molar-refractivity contribution in [1.82, 2.24) is 0 Å². The fraction of sp³-hybridized carbons (Fsp3) is 0.217. The summed E-state index contributed by atoms with van der Waals surface area (Å²) in [6.07, 6.45) is 5.43. The third-order valence-corrected chi connectivity index (χ3v) is 10.1. The average molecular weight is 359 g/mol. The molecule has 126 valence electrons. The van der Waals surface area contributed by atoms with E-state index in [0.29, 0.717) is 0 Å². The third-order valence-electron chi connectivity index (χ3n) is 4.64. The number of rotatable bonds is 4. The molecule has 1 saturated carbocycles. The van der Waals surface area contributed by atoms with E-state index in [0.717, 1.165) is 4.89 Å². The number of benzene rings is 3. The van der Waals surface area contributed by atoms with Crippen LogP contribution in [0.1, 0.15) is 25.7 Å². The third kappa shape index (κ3) is 2.62. The van der Waals surface area contributed by atoms with Gasteiger partial charge in [0.1, 0.15) is 0 Å². The first-order valence-electron chi connectivity index (χ1n) is 8.71. The predicted octanol–water partition coefficient (Wildman–Crippen LogP) is 4.48. The zero-order valence-corrected chi connectivity index (χ0v) is 14.9. The average Bonchev–Trinajstić information content (AvgIpc) is 3.20. The Kier molecular flexibility index (Phi) is 4.54. The summed E-state index contributed by atoms with van der Waals surface area (Å²) >= 11 is -1.36. The van der Waals surface area contributed by atoms with E-state index in [9.17, 15) is 0 Å². The molecule has 0 nitrogen and oxygen atoms in total. The van der Waals surface area contributed by atoms with E-state index in [1.807, 2.05) is 0 Å². The Morgan fingerprint density at radius 1 is 0.500 bits per heavy atom. The van der Waals surface area contributed by atoms with Gasteiger partial charge in [0.15, 0.2) is 0 Å². The van der Waals surface area contributed by atoms with Gasteiger partial charge in [0.05, 0.1) is 0 Å². The van der Waals surface area contributed by atoms with Gasteiger partial charge in [-0.25, -0.2) is 0 Å². The Hall–Kier alpha value is -1.85. The molecule has 24 heavy (non-hydrogen) atoms. The van der Waals surface area contributed by atoms with Gasteiger partial charge in [-0.1, -0.05) is 0 Å². The molecule has 0 aliphatic heterocycles. The van der Waals surface area contributed by atoms with E-state index in [1.54, 1.807) is 0 Å². The van der Waals surface area contributed by atoms with Crippen molar-refractivity contribution in [3.63, 3.8) is 0 Å². The number of hydrogen-bond acceptors (Lipinski definition) is 0. The molecule has 4 rings (SSSR count). The zero-order valence-electron chi connectivity index (χ0n) is 13.9. The molecule has 1 fully saturated rings. The van der Waals surface area contributed by atoms with Crippen LogP contribution in [0.25, 0.3) is 0 Å². The van der Waals surface area contributed by atoms with Crippen molar-refractivity contribution < 1.29 is 12.4 Å². The molecule has 0 amide bonds. The fourth-order valence-electron chi connectivity index (χ4n) is 3.60. The first-order valence-corrected chi connectivity index (χ1v) is 10.8. The van der Waals surface area contributed by atoms with E-state index in [4.69, 9.17) is 0 Å². The maximum absolute atomic E-state index is 2.36. The second kappa shape index (κ2) is 6.95. The van der Waals surface area contributed by atoms with Crippen LogP contribution in [-0.2, 0) is 12.4 Å². The monoisotopic (exact) mass is 358 g/mol. The molecule has 0 radical (unpaired) electrons. The summed E-state index contributed by atoms with van der Waals surface area (Å²) in [5, 5.41) is 0. The molecule has 1 aliphatic rings. The summed E-state index contributed by atoms with van der Waals surface area (Å²) in [5.41, 5.74) is 0. The van der Waals surface area contributed by atoms with Gasteiger partial charge in [-0.2, -0.15) is 0 Å². The van der Waals surface area contributed by atoms with Gasteiger partial charge in [0, 0.05) is 0 Å². The first-order chi connectivity index (χ1) is 11.9. The van der Waals surface area contributed by atoms with Crippen molar-refractivity contribution in [2.45, 2.75) is 30.6 Å². The Balaban J connectivity index is 2.03. The van der Waals surface area contributed by atoms with Crippen LogP contribution in [0.15, 0.2) is 91.0 Å². The Bertz CT molecular complexity index is 662. The van der Waals surface area contributed by atoms with Crippen LogP contribution in [0.5, 0.6) is 0 Å². The molecule has 0 saturated heterocycles. The minimum absolute atomic E-state index is 0.751. The fourth-order valence-corrected chi connectivity index (χ4v) is 9.37. The molecule has 3 aromatic rings. The van der Waals surface area contributed by atoms with Crippen LogP contribution in [0, 0.1) is 0 Å². The molecule has 3 aromatic carbocycles. The number of hydrogen-bond donors (Lipinski definition) is 0. The van der Waals surface area contributed by atoms with Crippen molar-refractivity contribution in [2.75, 3.05) is 0 Å². The van der Waals surface area contributed by atoms with Crippen molar-refractivity contribution in [3.05, 3.63) is 91.0 Å². The quantitative estimate of drug-likeness (QED) is 0.603. The molecule has 0 unspecified atom stereocenters. The second-order valence-electron chi connectivity index (χ2n) is 6.12. The van der Waals surface area contributed by atoms with Gasteiger partial charge in [0.25, 0.3) is 0 Å². The zero-order chi connectivity index (χ0) is 16.2. The van der Waals surface area contributed by atoms with E-state index in [2.05, 4.69) is 91.0 Å². The standard InChI is InChI=1S/3C6H5.C5H9.Ni/c3*1-2-4-6-5-3-1;1-2-4-5-3-1;/h3*1-5H;1H,2-5H2;. The summed E-state index contributed by atoms with van der Waals surface area (Å²) in [6.45, 7) is 0. The molecule has 0 N–H and O–H groups in total. The van der Waals surface area contributed by atoms with Crippen molar-refractivity contribution >= 4 is 13.6 Å². The summed E-state index contributed by atoms with van der Waals surface area (Å²) < 4.78 is 4.56. The van der Waals surface area contributed by atoms with Gasteiger partial charge < -0.3 is 0 Å². The van der Waals surface area contributed by atoms with E-state index in [1.165, 1.54) is 39.3 Å². The first kappa shape index (κ1) is 15.7. The van der Waals surface area contributed by atoms with Crippen LogP contribution in [0.2, 0.25) is 4.89 Å². The second-order valence-corrected chi connectivity index (χ2v) is 10.2. The molecule has 0 atom stereocenters. The molecular weight excluding hydrogens is 335 g/mol. The van der Waals surface area contributed by atoms with E-state index < -0.39 is 12.4 Å². The minimum atomic E-state index is -1.36. The van der Waals surface area contributed by atoms with E-state index in [-0.39, 0.29) is 0 Å². The molecule has 1 aliphatic carbocycles. The van der Waals surface area contributed by atoms with Crippen LogP contribution >= 0.6 is 0 Å². The van der Waals surface area contributed by atoms with Crippen LogP contribution < -0.4 is 13.6 Å². The van der Waals surface area contributed by atoms with Crippen LogP contribution in [-0.4, -0.2) is 0 Å². The van der Waals surface area contributed by atoms with Crippen molar-refractivity contribution in [2.24, 2.45) is 0 Å². The van der Waals surface area contributed by atoms with Gasteiger partial charge in [-0.05, 0) is 0 Å². The van der Waals surface area contributed by atoms with Gasteiger partial charge in [-0.15, -0.1) is 0 Å². The van der Waals surface area contributed by atoms with Crippen molar-refractivity contribution in [3.8, 4) is 0 Å². The molecule has 0 spiro atoms. The van der Waals surface area contributed by atoms with Crippen molar-refractivity contribution in [1.29, 1.82) is 0 Å². The Morgan fingerprint density at radius 2 is 0.833 bits per heavy atom. The molecule has 0 bridgehead atoms. The van der Waals surface area contributed by atoms with Gasteiger partial charge in [0.2, 0.25) is 0 Å². The van der Waals surface area contributed by atoms with Gasteiger partial charge in [-0.3, -0.25) is 0 Å². The Morgan fingerprint density at radius 3 is 1.17 bits per heavy atom. The van der Waals surface area contributed by atoms with Gasteiger partial charge >= 0.3 is 148 Å². The molecule has 0 heterocycles. The molecular formula is C23H24Ni. The molecule has 0 aromatic heterocycles. The summed E-state index contributed by atoms with van der Waals surface area (Å²) in [6, 6.07) is 33.8. The Labute approximate surface area is 147 Å². The summed E-state index contributed by atoms with van der Waals surface area (Å²) in [5.74, 6) is 0.